The van der Waals surface area contributed by atoms with Crippen molar-refractivity contribution in [1.29, 1.82) is 0 Å². The highest BCUT2D eigenvalue weighted by Gasteiger charge is 2.07. The molecule has 0 fully saturated rings. The van der Waals surface area contributed by atoms with Crippen molar-refractivity contribution in [1.82, 2.24) is 10.3 Å². The van der Waals surface area contributed by atoms with E-state index in [9.17, 15) is 0 Å². The Bertz CT molecular complexity index is 273. The molecule has 1 rings (SSSR count). The summed E-state index contributed by atoms with van der Waals surface area (Å²) in [5.41, 5.74) is 1.21. The number of anilines is 1. The maximum atomic E-state index is 4.60. The van der Waals surface area contributed by atoms with Gasteiger partial charge >= 0.3 is 0 Å². The number of aromatic nitrogens is 1. The van der Waals surface area contributed by atoms with Gasteiger partial charge < -0.3 is 10.2 Å². The van der Waals surface area contributed by atoms with Crippen LogP contribution in [-0.4, -0.2) is 31.2 Å². The van der Waals surface area contributed by atoms with Crippen LogP contribution in [0.3, 0.4) is 0 Å². The Morgan fingerprint density at radius 2 is 2.20 bits per heavy atom. The lowest BCUT2D eigenvalue weighted by atomic mass is 10.4. The first kappa shape index (κ1) is 12.5. The molecule has 0 aliphatic carbocycles. The molecule has 4 heteroatoms. The zero-order chi connectivity index (χ0) is 11.1. The molecule has 86 valence electrons. The summed E-state index contributed by atoms with van der Waals surface area (Å²) in [7, 11) is 0. The second-order valence-corrected chi connectivity index (χ2v) is 4.24. The lowest BCUT2D eigenvalue weighted by Crippen LogP contribution is -2.31. The first-order valence-corrected chi connectivity index (χ1v) is 6.59. The van der Waals surface area contributed by atoms with Crippen LogP contribution in [0, 0.1) is 0 Å². The quantitative estimate of drug-likeness (QED) is 0.723. The molecule has 0 saturated carbocycles. The van der Waals surface area contributed by atoms with Gasteiger partial charge in [0.15, 0.2) is 5.13 Å². The summed E-state index contributed by atoms with van der Waals surface area (Å²) in [6.45, 7) is 10.6. The van der Waals surface area contributed by atoms with Gasteiger partial charge in [0, 0.05) is 25.0 Å². The van der Waals surface area contributed by atoms with Gasteiger partial charge in [-0.3, -0.25) is 0 Å². The first-order valence-electron chi connectivity index (χ1n) is 5.71. The maximum absolute atomic E-state index is 4.60. The normalized spacial score (nSPS) is 10.6. The van der Waals surface area contributed by atoms with Crippen molar-refractivity contribution < 1.29 is 0 Å². The molecule has 0 radical (unpaired) electrons. The SMILES string of the molecule is CCNCCN(CC)c1nc(CC)cs1. The number of hydrogen-bond acceptors (Lipinski definition) is 4. The second-order valence-electron chi connectivity index (χ2n) is 3.41. The fourth-order valence-corrected chi connectivity index (χ4v) is 2.38. The molecule has 1 aromatic rings. The zero-order valence-corrected chi connectivity index (χ0v) is 10.7. The highest BCUT2D eigenvalue weighted by atomic mass is 32.1. The van der Waals surface area contributed by atoms with Crippen molar-refractivity contribution in [2.75, 3.05) is 31.1 Å². The van der Waals surface area contributed by atoms with Crippen LogP contribution >= 0.6 is 11.3 Å². The molecule has 1 N–H and O–H groups in total. The molecule has 1 aromatic heterocycles. The van der Waals surface area contributed by atoms with Crippen LogP contribution in [0.1, 0.15) is 26.5 Å². The lowest BCUT2D eigenvalue weighted by molar-refractivity contribution is 0.686. The van der Waals surface area contributed by atoms with Gasteiger partial charge in [0.1, 0.15) is 0 Å². The number of nitrogens with one attached hydrogen (secondary N) is 1. The minimum atomic E-state index is 1.03. The van der Waals surface area contributed by atoms with E-state index in [-0.39, 0.29) is 0 Å². The van der Waals surface area contributed by atoms with Crippen molar-refractivity contribution in [3.63, 3.8) is 0 Å². The van der Waals surface area contributed by atoms with Crippen LogP contribution in [0.25, 0.3) is 0 Å². The lowest BCUT2D eigenvalue weighted by Gasteiger charge is -2.19. The molecule has 0 aliphatic rings. The van der Waals surface area contributed by atoms with E-state index in [2.05, 4.69) is 41.4 Å². The van der Waals surface area contributed by atoms with Crippen LogP contribution in [0.15, 0.2) is 5.38 Å². The van der Waals surface area contributed by atoms with Crippen molar-refractivity contribution in [3.8, 4) is 0 Å². The Labute approximate surface area is 96.5 Å². The number of rotatable bonds is 7. The van der Waals surface area contributed by atoms with E-state index in [0.29, 0.717) is 0 Å². The third-order valence-corrected chi connectivity index (χ3v) is 3.31. The summed E-state index contributed by atoms with van der Waals surface area (Å²) in [6, 6.07) is 0. The number of aryl methyl sites for hydroxylation is 1. The third kappa shape index (κ3) is 3.80. The Hall–Kier alpha value is -0.610. The zero-order valence-electron chi connectivity index (χ0n) is 9.92. The van der Waals surface area contributed by atoms with Crippen molar-refractivity contribution >= 4 is 16.5 Å². The average molecular weight is 227 g/mol. The average Bonchev–Trinajstić information content (AvgIpc) is 2.73. The molecule has 0 aromatic carbocycles. The largest absolute Gasteiger partial charge is 0.347 e. The molecule has 0 bridgehead atoms. The van der Waals surface area contributed by atoms with Gasteiger partial charge in [-0.2, -0.15) is 0 Å². The smallest absolute Gasteiger partial charge is 0.185 e. The highest BCUT2D eigenvalue weighted by molar-refractivity contribution is 7.13. The molecule has 0 unspecified atom stereocenters. The minimum absolute atomic E-state index is 1.03. The van der Waals surface area contributed by atoms with Crippen LogP contribution in [0.2, 0.25) is 0 Å². The first-order chi connectivity index (χ1) is 7.31. The summed E-state index contributed by atoms with van der Waals surface area (Å²) in [4.78, 5) is 6.92. The predicted molar refractivity (Wildman–Crippen MR) is 67.9 cm³/mol. The monoisotopic (exact) mass is 227 g/mol. The van der Waals surface area contributed by atoms with Gasteiger partial charge in [0.05, 0.1) is 5.69 Å². The summed E-state index contributed by atoms with van der Waals surface area (Å²) in [6.07, 6.45) is 1.03. The van der Waals surface area contributed by atoms with Crippen molar-refractivity contribution in [2.24, 2.45) is 0 Å². The molecule has 3 nitrogen and oxygen atoms in total. The van der Waals surface area contributed by atoms with Gasteiger partial charge in [-0.15, -0.1) is 11.3 Å². The third-order valence-electron chi connectivity index (χ3n) is 2.36. The van der Waals surface area contributed by atoms with E-state index in [1.54, 1.807) is 11.3 Å². The Morgan fingerprint density at radius 3 is 2.73 bits per heavy atom. The predicted octanol–water partition coefficient (Wildman–Crippen LogP) is 2.14. The van der Waals surface area contributed by atoms with Crippen LogP contribution < -0.4 is 10.2 Å². The molecule has 1 heterocycles. The number of hydrogen-bond donors (Lipinski definition) is 1. The molecule has 0 spiro atoms. The van der Waals surface area contributed by atoms with Crippen LogP contribution in [0.4, 0.5) is 5.13 Å². The number of nitrogens with zero attached hydrogens (tertiary/aromatic N) is 2. The van der Waals surface area contributed by atoms with E-state index in [1.165, 1.54) is 5.69 Å². The summed E-state index contributed by atoms with van der Waals surface area (Å²) >= 11 is 1.75. The van der Waals surface area contributed by atoms with E-state index in [4.69, 9.17) is 0 Å². The molecule has 0 atom stereocenters. The van der Waals surface area contributed by atoms with Gasteiger partial charge in [0.25, 0.3) is 0 Å². The standard InChI is InChI=1S/C11H21N3S/c1-4-10-9-15-11(13-10)14(6-3)8-7-12-5-2/h9,12H,4-8H2,1-3H3. The highest BCUT2D eigenvalue weighted by Crippen LogP contribution is 2.20. The Kier molecular flexibility index (Phi) is 5.65. The maximum Gasteiger partial charge on any atom is 0.185 e. The molecule has 0 aliphatic heterocycles. The van der Waals surface area contributed by atoms with Gasteiger partial charge in [-0.25, -0.2) is 4.98 Å². The summed E-state index contributed by atoms with van der Waals surface area (Å²) < 4.78 is 0. The van der Waals surface area contributed by atoms with Crippen molar-refractivity contribution in [2.45, 2.75) is 27.2 Å². The van der Waals surface area contributed by atoms with Crippen LogP contribution in [-0.2, 0) is 6.42 Å². The minimum Gasteiger partial charge on any atom is -0.347 e. The fraction of sp³-hybridized carbons (Fsp3) is 0.727. The fourth-order valence-electron chi connectivity index (χ4n) is 1.38. The molecule has 15 heavy (non-hydrogen) atoms. The van der Waals surface area contributed by atoms with E-state index in [0.717, 1.165) is 37.7 Å². The Balaban J connectivity index is 2.49. The summed E-state index contributed by atoms with van der Waals surface area (Å²) in [5.74, 6) is 0. The number of likely N-dealkylation sites (N-methyl/N-ethyl adjacent to an activating group) is 2. The van der Waals surface area contributed by atoms with Gasteiger partial charge in [-0.05, 0) is 19.9 Å². The second kappa shape index (κ2) is 6.80. The topological polar surface area (TPSA) is 28.2 Å². The Morgan fingerprint density at radius 1 is 1.40 bits per heavy atom. The van der Waals surface area contributed by atoms with Gasteiger partial charge in [0.2, 0.25) is 0 Å². The molecular weight excluding hydrogens is 206 g/mol. The molecule has 0 amide bonds. The summed E-state index contributed by atoms with van der Waals surface area (Å²) in [5, 5.41) is 6.66. The van der Waals surface area contributed by atoms with Gasteiger partial charge in [-0.1, -0.05) is 13.8 Å². The van der Waals surface area contributed by atoms with E-state index in [1.807, 2.05) is 0 Å². The molecule has 0 saturated heterocycles. The van der Waals surface area contributed by atoms with Crippen molar-refractivity contribution in [3.05, 3.63) is 11.1 Å². The van der Waals surface area contributed by atoms with E-state index >= 15 is 0 Å². The van der Waals surface area contributed by atoms with E-state index < -0.39 is 0 Å². The van der Waals surface area contributed by atoms with Crippen LogP contribution in [0.5, 0.6) is 0 Å². The number of thiazole rings is 1. The molecular formula is C11H21N3S.